The average Bonchev–Trinajstić information content (AvgIpc) is 3.43. The zero-order chi connectivity index (χ0) is 24.0. The Morgan fingerprint density at radius 3 is 2.59 bits per heavy atom. The molecular weight excluding hydrogens is 452 g/mol. The minimum atomic E-state index is -4.57. The molecule has 7 nitrogen and oxygen atoms in total. The van der Waals surface area contributed by atoms with E-state index in [0.29, 0.717) is 17.3 Å². The summed E-state index contributed by atoms with van der Waals surface area (Å²) in [4.78, 5) is 13.2. The lowest BCUT2D eigenvalue weighted by Crippen LogP contribution is -2.28. The first kappa shape index (κ1) is 22.1. The number of nitrogens with zero attached hydrogens (tertiary/aromatic N) is 6. The second-order valence-corrected chi connectivity index (χ2v) is 8.09. The summed E-state index contributed by atoms with van der Waals surface area (Å²) in [5, 5.41) is 4.37. The van der Waals surface area contributed by atoms with E-state index >= 15 is 0 Å². The smallest absolute Gasteiger partial charge is 0.416 e. The van der Waals surface area contributed by atoms with Crippen molar-refractivity contribution in [2.24, 2.45) is 0 Å². The van der Waals surface area contributed by atoms with Crippen molar-refractivity contribution in [3.8, 4) is 23.1 Å². The molecule has 4 heterocycles. The number of aromatic nitrogens is 6. The zero-order valence-electron chi connectivity index (χ0n) is 18.3. The van der Waals surface area contributed by atoms with Gasteiger partial charge in [0.1, 0.15) is 23.4 Å². The molecule has 1 aromatic carbocycles. The number of ether oxygens (including phenoxy) is 1. The van der Waals surface area contributed by atoms with E-state index in [0.717, 1.165) is 11.8 Å². The standard InChI is InChI=1S/C23H20F4N6O/c1-13-10-32(12-28-13)19-8-7-18(29-22(19)34-2)20-30-21-16(9-14(24)11-33(21)31-20)15-5-3-4-6-17(15)23(25,26)27/h3-8,10,12,14,16H,9,11H2,1-2H3/t14-,16-/m0/s1. The molecule has 11 heteroatoms. The topological polar surface area (TPSA) is 70.7 Å². The molecule has 2 atom stereocenters. The Morgan fingerprint density at radius 2 is 1.88 bits per heavy atom. The van der Waals surface area contributed by atoms with Crippen molar-refractivity contribution in [1.29, 1.82) is 0 Å². The summed E-state index contributed by atoms with van der Waals surface area (Å²) >= 11 is 0. The van der Waals surface area contributed by atoms with Crippen molar-refractivity contribution in [3.05, 3.63) is 71.6 Å². The van der Waals surface area contributed by atoms with Gasteiger partial charge >= 0.3 is 6.18 Å². The second kappa shape index (κ2) is 8.23. The molecule has 0 radical (unpaired) electrons. The molecule has 0 aliphatic carbocycles. The summed E-state index contributed by atoms with van der Waals surface area (Å²) in [6.45, 7) is 1.77. The van der Waals surface area contributed by atoms with Gasteiger partial charge in [-0.1, -0.05) is 18.2 Å². The number of alkyl halides is 4. The molecule has 1 aliphatic heterocycles. The van der Waals surface area contributed by atoms with Gasteiger partial charge in [0, 0.05) is 12.1 Å². The largest absolute Gasteiger partial charge is 0.479 e. The van der Waals surface area contributed by atoms with Crippen LogP contribution in [0.25, 0.3) is 17.2 Å². The quantitative estimate of drug-likeness (QED) is 0.402. The fraction of sp³-hybridized carbons (Fsp3) is 0.304. The molecule has 5 rings (SSSR count). The Balaban J connectivity index is 1.57. The molecule has 0 bridgehead atoms. The number of imidazole rings is 1. The number of hydrogen-bond donors (Lipinski definition) is 0. The maximum Gasteiger partial charge on any atom is 0.416 e. The van der Waals surface area contributed by atoms with E-state index in [1.165, 1.54) is 30.0 Å². The van der Waals surface area contributed by atoms with Crippen molar-refractivity contribution < 1.29 is 22.3 Å². The normalized spacial score (nSPS) is 18.1. The molecule has 0 unspecified atom stereocenters. The van der Waals surface area contributed by atoms with Gasteiger partial charge in [-0.15, -0.1) is 5.10 Å². The molecule has 0 fully saturated rings. The van der Waals surface area contributed by atoms with E-state index in [-0.39, 0.29) is 30.2 Å². The number of hydrogen-bond acceptors (Lipinski definition) is 5. The molecule has 0 N–H and O–H groups in total. The van der Waals surface area contributed by atoms with Crippen molar-refractivity contribution in [2.45, 2.75) is 38.2 Å². The maximum atomic E-state index is 14.6. The molecular formula is C23H20F4N6O. The molecule has 0 saturated carbocycles. The van der Waals surface area contributed by atoms with Gasteiger partial charge in [0.2, 0.25) is 5.88 Å². The Morgan fingerprint density at radius 1 is 1.09 bits per heavy atom. The third-order valence-electron chi connectivity index (χ3n) is 5.77. The van der Waals surface area contributed by atoms with Gasteiger partial charge in [-0.2, -0.15) is 13.2 Å². The Hall–Kier alpha value is -3.76. The second-order valence-electron chi connectivity index (χ2n) is 8.09. The monoisotopic (exact) mass is 472 g/mol. The molecule has 0 spiro atoms. The van der Waals surface area contributed by atoms with Gasteiger partial charge in [-0.3, -0.25) is 0 Å². The molecule has 4 aromatic rings. The average molecular weight is 472 g/mol. The fourth-order valence-electron chi connectivity index (χ4n) is 4.26. The number of aryl methyl sites for hydroxylation is 1. The van der Waals surface area contributed by atoms with E-state index < -0.39 is 23.8 Å². The van der Waals surface area contributed by atoms with Gasteiger partial charge in [0.25, 0.3) is 0 Å². The summed E-state index contributed by atoms with van der Waals surface area (Å²) in [6.07, 6.45) is -2.59. The summed E-state index contributed by atoms with van der Waals surface area (Å²) < 4.78 is 64.0. The van der Waals surface area contributed by atoms with E-state index in [4.69, 9.17) is 4.74 Å². The van der Waals surface area contributed by atoms with Crippen molar-refractivity contribution >= 4 is 0 Å². The van der Waals surface area contributed by atoms with Crippen LogP contribution in [0.3, 0.4) is 0 Å². The molecule has 0 saturated heterocycles. The fourth-order valence-corrected chi connectivity index (χ4v) is 4.26. The molecule has 0 amide bonds. The molecule has 1 aliphatic rings. The Bertz CT molecular complexity index is 1350. The Kier molecular flexibility index (Phi) is 5.34. The highest BCUT2D eigenvalue weighted by Crippen LogP contribution is 2.41. The van der Waals surface area contributed by atoms with Crippen LogP contribution >= 0.6 is 0 Å². The van der Waals surface area contributed by atoms with Gasteiger partial charge in [0.05, 0.1) is 31.2 Å². The lowest BCUT2D eigenvalue weighted by atomic mass is 9.87. The number of halogens is 4. The van der Waals surface area contributed by atoms with E-state index in [2.05, 4.69) is 20.1 Å². The highest BCUT2D eigenvalue weighted by Gasteiger charge is 2.39. The minimum Gasteiger partial charge on any atom is -0.479 e. The SMILES string of the molecule is COc1nc(-c2nc3n(n2)C[C@@H](F)C[C@H]3c2ccccc2C(F)(F)F)ccc1-n1cnc(C)c1. The first-order valence-electron chi connectivity index (χ1n) is 10.6. The van der Waals surface area contributed by atoms with Crippen LogP contribution in [0.2, 0.25) is 0 Å². The summed E-state index contributed by atoms with van der Waals surface area (Å²) in [7, 11) is 1.48. The van der Waals surface area contributed by atoms with Crippen molar-refractivity contribution in [3.63, 3.8) is 0 Å². The van der Waals surface area contributed by atoms with Crippen LogP contribution in [0.5, 0.6) is 5.88 Å². The molecule has 3 aromatic heterocycles. The predicted molar refractivity (Wildman–Crippen MR) is 114 cm³/mol. The van der Waals surface area contributed by atoms with Crippen LogP contribution in [0.4, 0.5) is 17.6 Å². The third-order valence-corrected chi connectivity index (χ3v) is 5.77. The number of benzene rings is 1. The van der Waals surface area contributed by atoms with E-state index in [9.17, 15) is 17.6 Å². The van der Waals surface area contributed by atoms with Crippen molar-refractivity contribution in [1.82, 2.24) is 29.3 Å². The molecule has 34 heavy (non-hydrogen) atoms. The van der Waals surface area contributed by atoms with Crippen LogP contribution in [0.15, 0.2) is 48.9 Å². The molecule has 176 valence electrons. The minimum absolute atomic E-state index is 0.0195. The third kappa shape index (κ3) is 3.91. The van der Waals surface area contributed by atoms with E-state index in [1.54, 1.807) is 23.0 Å². The van der Waals surface area contributed by atoms with E-state index in [1.807, 2.05) is 13.1 Å². The summed E-state index contributed by atoms with van der Waals surface area (Å²) in [5.74, 6) is -0.135. The lowest BCUT2D eigenvalue weighted by molar-refractivity contribution is -0.138. The van der Waals surface area contributed by atoms with Crippen LogP contribution < -0.4 is 4.74 Å². The van der Waals surface area contributed by atoms with Crippen LogP contribution in [-0.2, 0) is 12.7 Å². The van der Waals surface area contributed by atoms with Gasteiger partial charge in [-0.05, 0) is 37.1 Å². The maximum absolute atomic E-state index is 14.6. The van der Waals surface area contributed by atoms with Crippen LogP contribution in [0.1, 0.15) is 35.0 Å². The van der Waals surface area contributed by atoms with Crippen LogP contribution in [0, 0.1) is 6.92 Å². The van der Waals surface area contributed by atoms with Gasteiger partial charge in [0.15, 0.2) is 5.82 Å². The summed E-state index contributed by atoms with van der Waals surface area (Å²) in [6, 6.07) is 8.64. The number of methoxy groups -OCH3 is 1. The number of pyridine rings is 1. The first-order chi connectivity index (χ1) is 16.2. The van der Waals surface area contributed by atoms with Crippen LogP contribution in [-0.4, -0.2) is 42.6 Å². The highest BCUT2D eigenvalue weighted by atomic mass is 19.4. The van der Waals surface area contributed by atoms with Gasteiger partial charge < -0.3 is 9.30 Å². The first-order valence-corrected chi connectivity index (χ1v) is 10.6. The zero-order valence-corrected chi connectivity index (χ0v) is 18.3. The number of rotatable bonds is 4. The van der Waals surface area contributed by atoms with Crippen molar-refractivity contribution in [2.75, 3.05) is 7.11 Å². The lowest BCUT2D eigenvalue weighted by Gasteiger charge is -2.27. The van der Waals surface area contributed by atoms with Gasteiger partial charge in [-0.25, -0.2) is 24.0 Å². The number of fused-ring (bicyclic) bond motifs is 1. The Labute approximate surface area is 192 Å². The predicted octanol–water partition coefficient (Wildman–Crippen LogP) is 4.74. The summed E-state index contributed by atoms with van der Waals surface area (Å²) in [5.41, 5.74) is 1.01. The highest BCUT2D eigenvalue weighted by molar-refractivity contribution is 5.55.